The van der Waals surface area contributed by atoms with Crippen LogP contribution in [0.3, 0.4) is 0 Å². The van der Waals surface area contributed by atoms with Gasteiger partial charge in [-0.3, -0.25) is 10.0 Å². The number of nitriles is 1. The van der Waals surface area contributed by atoms with Crippen LogP contribution < -0.4 is 4.74 Å². The van der Waals surface area contributed by atoms with E-state index >= 15 is 0 Å². The Labute approximate surface area is 116 Å². The molecule has 0 unspecified atom stereocenters. The number of rotatable bonds is 1. The van der Waals surface area contributed by atoms with Crippen molar-refractivity contribution in [3.05, 3.63) is 29.3 Å². The number of nitrogens with zero attached hydrogens (tertiary/aromatic N) is 2. The maximum absolute atomic E-state index is 11.4. The van der Waals surface area contributed by atoms with E-state index in [1.165, 1.54) is 13.0 Å². The SMILES string of the molecule is CC(=O)N(O)[C@@H]1c2cc(C#N)ccc2OC(C)(C)[C@H]1O. The minimum Gasteiger partial charge on any atom is -0.485 e. The van der Waals surface area contributed by atoms with Gasteiger partial charge in [0.25, 0.3) is 0 Å². The number of hydrogen-bond acceptors (Lipinski definition) is 5. The van der Waals surface area contributed by atoms with Crippen LogP contribution in [0.5, 0.6) is 5.75 Å². The van der Waals surface area contributed by atoms with Gasteiger partial charge in [0.05, 0.1) is 11.6 Å². The molecule has 0 saturated carbocycles. The number of aliphatic hydroxyl groups excluding tert-OH is 1. The van der Waals surface area contributed by atoms with Crippen LogP contribution in [0.15, 0.2) is 18.2 Å². The number of hydroxylamine groups is 2. The number of benzene rings is 1. The molecule has 0 radical (unpaired) electrons. The Morgan fingerprint density at radius 1 is 1.50 bits per heavy atom. The first kappa shape index (κ1) is 14.3. The van der Waals surface area contributed by atoms with Crippen LogP contribution in [0.2, 0.25) is 0 Å². The number of fused-ring (bicyclic) bond motifs is 1. The quantitative estimate of drug-likeness (QED) is 0.597. The third-order valence-corrected chi connectivity index (χ3v) is 3.43. The summed E-state index contributed by atoms with van der Waals surface area (Å²) in [6.45, 7) is 4.53. The van der Waals surface area contributed by atoms with Gasteiger partial charge in [0.2, 0.25) is 5.91 Å². The molecule has 0 bridgehead atoms. The molecule has 0 saturated heterocycles. The van der Waals surface area contributed by atoms with E-state index in [-0.39, 0.29) is 0 Å². The molecule has 20 heavy (non-hydrogen) atoms. The van der Waals surface area contributed by atoms with Crippen molar-refractivity contribution < 1.29 is 19.8 Å². The van der Waals surface area contributed by atoms with Crippen molar-refractivity contribution in [3.8, 4) is 11.8 Å². The van der Waals surface area contributed by atoms with Crippen molar-refractivity contribution in [1.29, 1.82) is 5.26 Å². The summed E-state index contributed by atoms with van der Waals surface area (Å²) in [4.78, 5) is 11.4. The summed E-state index contributed by atoms with van der Waals surface area (Å²) < 4.78 is 5.68. The fraction of sp³-hybridized carbons (Fsp3) is 0.429. The maximum Gasteiger partial charge on any atom is 0.243 e. The van der Waals surface area contributed by atoms with Crippen LogP contribution in [-0.2, 0) is 4.79 Å². The molecule has 1 aliphatic heterocycles. The van der Waals surface area contributed by atoms with Gasteiger partial charge in [0.15, 0.2) is 0 Å². The zero-order chi connectivity index (χ0) is 15.1. The summed E-state index contributed by atoms with van der Waals surface area (Å²) in [5.74, 6) is -0.162. The molecule has 0 fully saturated rings. The number of amides is 1. The lowest BCUT2D eigenvalue weighted by Gasteiger charge is -2.44. The molecule has 1 aromatic carbocycles. The molecular formula is C14H16N2O4. The molecule has 6 nitrogen and oxygen atoms in total. The van der Waals surface area contributed by atoms with E-state index in [2.05, 4.69) is 0 Å². The standard InChI is InChI=1S/C14H16N2O4/c1-8(17)16(19)12-10-6-9(7-15)4-5-11(10)20-14(2,3)13(12)18/h4-6,12-13,18-19H,1-3H3/t12-,13+/m1/s1. The summed E-state index contributed by atoms with van der Waals surface area (Å²) in [5.41, 5.74) is -0.197. The molecular weight excluding hydrogens is 260 g/mol. The molecule has 1 heterocycles. The third-order valence-electron chi connectivity index (χ3n) is 3.43. The number of aliphatic hydroxyl groups is 1. The molecule has 106 valence electrons. The smallest absolute Gasteiger partial charge is 0.243 e. The van der Waals surface area contributed by atoms with E-state index in [0.717, 1.165) is 0 Å². The summed E-state index contributed by atoms with van der Waals surface area (Å²) in [5, 5.41) is 29.7. The predicted molar refractivity (Wildman–Crippen MR) is 68.9 cm³/mol. The fourth-order valence-electron chi connectivity index (χ4n) is 2.30. The van der Waals surface area contributed by atoms with E-state index in [1.807, 2.05) is 6.07 Å². The lowest BCUT2D eigenvalue weighted by Crippen LogP contribution is -2.53. The predicted octanol–water partition coefficient (Wildman–Crippen LogP) is 1.37. The van der Waals surface area contributed by atoms with Gasteiger partial charge in [0.1, 0.15) is 23.5 Å². The molecule has 0 aromatic heterocycles. The van der Waals surface area contributed by atoms with E-state index in [4.69, 9.17) is 10.00 Å². The average Bonchev–Trinajstić information content (AvgIpc) is 2.38. The van der Waals surface area contributed by atoms with Crippen molar-refractivity contribution >= 4 is 5.91 Å². The lowest BCUT2D eigenvalue weighted by atomic mass is 9.85. The van der Waals surface area contributed by atoms with Crippen LogP contribution in [0.1, 0.15) is 37.9 Å². The van der Waals surface area contributed by atoms with Gasteiger partial charge < -0.3 is 9.84 Å². The van der Waals surface area contributed by atoms with Crippen molar-refractivity contribution in [1.82, 2.24) is 5.06 Å². The number of ether oxygens (including phenoxy) is 1. The molecule has 2 rings (SSSR count). The number of hydrogen-bond donors (Lipinski definition) is 2. The molecule has 1 aliphatic rings. The summed E-state index contributed by atoms with van der Waals surface area (Å²) in [6, 6.07) is 5.69. The summed E-state index contributed by atoms with van der Waals surface area (Å²) in [6.07, 6.45) is -1.13. The van der Waals surface area contributed by atoms with Crippen LogP contribution in [-0.4, -0.2) is 33.0 Å². The van der Waals surface area contributed by atoms with E-state index in [1.54, 1.807) is 26.0 Å². The normalized spacial score (nSPS) is 23.2. The van der Waals surface area contributed by atoms with E-state index < -0.39 is 23.7 Å². The van der Waals surface area contributed by atoms with Gasteiger partial charge in [-0.1, -0.05) is 0 Å². The Hall–Kier alpha value is -2.10. The Kier molecular flexibility index (Phi) is 3.42. The second-order valence-electron chi connectivity index (χ2n) is 5.32. The first-order valence-electron chi connectivity index (χ1n) is 6.17. The summed E-state index contributed by atoms with van der Waals surface area (Å²) in [7, 11) is 0. The Bertz CT molecular complexity index is 591. The minimum absolute atomic E-state index is 0.362. The maximum atomic E-state index is 11.4. The molecule has 6 heteroatoms. The van der Waals surface area contributed by atoms with E-state index in [9.17, 15) is 15.1 Å². The number of carbonyl (C=O) groups is 1. The van der Waals surface area contributed by atoms with Crippen LogP contribution in [0.25, 0.3) is 0 Å². The topological polar surface area (TPSA) is 93.8 Å². The highest BCUT2D eigenvalue weighted by Crippen LogP contribution is 2.42. The van der Waals surface area contributed by atoms with Gasteiger partial charge in [-0.2, -0.15) is 5.26 Å². The van der Waals surface area contributed by atoms with Crippen molar-refractivity contribution in [2.45, 2.75) is 38.5 Å². The van der Waals surface area contributed by atoms with Gasteiger partial charge in [0, 0.05) is 12.5 Å². The Morgan fingerprint density at radius 2 is 2.15 bits per heavy atom. The van der Waals surface area contributed by atoms with Crippen LogP contribution in [0.4, 0.5) is 0 Å². The fourth-order valence-corrected chi connectivity index (χ4v) is 2.30. The summed E-state index contributed by atoms with van der Waals surface area (Å²) >= 11 is 0. The molecule has 0 aliphatic carbocycles. The largest absolute Gasteiger partial charge is 0.485 e. The Balaban J connectivity index is 2.60. The second kappa shape index (κ2) is 4.78. The first-order valence-corrected chi connectivity index (χ1v) is 6.17. The average molecular weight is 276 g/mol. The highest BCUT2D eigenvalue weighted by molar-refractivity contribution is 5.73. The van der Waals surface area contributed by atoms with Crippen LogP contribution in [0, 0.1) is 11.3 Å². The van der Waals surface area contributed by atoms with Crippen LogP contribution >= 0.6 is 0 Å². The molecule has 0 spiro atoms. The van der Waals surface area contributed by atoms with Crippen molar-refractivity contribution in [3.63, 3.8) is 0 Å². The second-order valence-corrected chi connectivity index (χ2v) is 5.32. The minimum atomic E-state index is -1.13. The lowest BCUT2D eigenvalue weighted by molar-refractivity contribution is -0.201. The van der Waals surface area contributed by atoms with E-state index in [0.29, 0.717) is 21.9 Å². The zero-order valence-corrected chi connectivity index (χ0v) is 11.5. The van der Waals surface area contributed by atoms with Crippen molar-refractivity contribution in [2.75, 3.05) is 0 Å². The molecule has 2 atom stereocenters. The first-order chi connectivity index (χ1) is 9.27. The zero-order valence-electron chi connectivity index (χ0n) is 11.5. The third kappa shape index (κ3) is 2.22. The molecule has 1 amide bonds. The van der Waals surface area contributed by atoms with Gasteiger partial charge in [-0.25, -0.2) is 5.06 Å². The van der Waals surface area contributed by atoms with Gasteiger partial charge >= 0.3 is 0 Å². The monoisotopic (exact) mass is 276 g/mol. The molecule has 2 N–H and O–H groups in total. The Morgan fingerprint density at radius 3 is 2.70 bits per heavy atom. The van der Waals surface area contributed by atoms with Crippen molar-refractivity contribution in [2.24, 2.45) is 0 Å². The van der Waals surface area contributed by atoms with Gasteiger partial charge in [-0.05, 0) is 32.0 Å². The van der Waals surface area contributed by atoms with Gasteiger partial charge in [-0.15, -0.1) is 0 Å². The highest BCUT2D eigenvalue weighted by Gasteiger charge is 2.46. The highest BCUT2D eigenvalue weighted by atomic mass is 16.5. The number of carbonyl (C=O) groups excluding carboxylic acids is 1. The molecule has 1 aromatic rings.